The third-order valence-corrected chi connectivity index (χ3v) is 4.14. The first-order valence-corrected chi connectivity index (χ1v) is 7.11. The maximum atomic E-state index is 12.7. The van der Waals surface area contributed by atoms with Crippen molar-refractivity contribution in [3.05, 3.63) is 29.6 Å². The molecule has 19 heavy (non-hydrogen) atoms. The molecule has 2 atom stereocenters. The summed E-state index contributed by atoms with van der Waals surface area (Å²) < 4.78 is 0. The number of carbonyl (C=O) groups excluding carboxylic acids is 1. The predicted octanol–water partition coefficient (Wildman–Crippen LogP) is 1.98. The van der Waals surface area contributed by atoms with Gasteiger partial charge in [-0.25, -0.2) is 0 Å². The van der Waals surface area contributed by atoms with E-state index in [1.54, 1.807) is 6.20 Å². The van der Waals surface area contributed by atoms with E-state index in [0.717, 1.165) is 31.4 Å². The van der Waals surface area contributed by atoms with Crippen molar-refractivity contribution in [2.24, 2.45) is 11.7 Å². The highest BCUT2D eigenvalue weighted by atomic mass is 16.2. The minimum absolute atomic E-state index is 0.0472. The summed E-state index contributed by atoms with van der Waals surface area (Å²) in [6, 6.07) is 4.08. The third-order valence-electron chi connectivity index (χ3n) is 4.14. The molecule has 1 aliphatic rings. The fourth-order valence-electron chi connectivity index (χ4n) is 3.08. The lowest BCUT2D eigenvalue weighted by Crippen LogP contribution is -2.44. The highest BCUT2D eigenvalue weighted by molar-refractivity contribution is 5.93. The maximum absolute atomic E-state index is 12.7. The molecule has 1 saturated carbocycles. The number of amides is 1. The zero-order chi connectivity index (χ0) is 13.8. The van der Waals surface area contributed by atoms with Gasteiger partial charge in [0.15, 0.2) is 0 Å². The van der Waals surface area contributed by atoms with Gasteiger partial charge in [0.1, 0.15) is 5.69 Å². The Morgan fingerprint density at radius 1 is 1.53 bits per heavy atom. The summed E-state index contributed by atoms with van der Waals surface area (Å²) in [5, 5.41) is 0. The smallest absolute Gasteiger partial charge is 0.272 e. The highest BCUT2D eigenvalue weighted by Crippen LogP contribution is 2.30. The van der Waals surface area contributed by atoms with Gasteiger partial charge in [0.05, 0.1) is 0 Å². The van der Waals surface area contributed by atoms with E-state index in [1.165, 1.54) is 0 Å². The zero-order valence-electron chi connectivity index (χ0n) is 11.8. The molecule has 1 fully saturated rings. The second kappa shape index (κ2) is 6.15. The first kappa shape index (κ1) is 14.0. The second-order valence-electron chi connectivity index (χ2n) is 5.25. The van der Waals surface area contributed by atoms with Gasteiger partial charge in [0.2, 0.25) is 0 Å². The van der Waals surface area contributed by atoms with E-state index in [0.29, 0.717) is 18.2 Å². The van der Waals surface area contributed by atoms with Gasteiger partial charge in [-0.1, -0.05) is 12.5 Å². The number of nitrogens with zero attached hydrogens (tertiary/aromatic N) is 2. The maximum Gasteiger partial charge on any atom is 0.272 e. The normalized spacial score (nSPS) is 22.5. The number of hydrogen-bond donors (Lipinski definition) is 1. The van der Waals surface area contributed by atoms with E-state index in [9.17, 15) is 4.79 Å². The summed E-state index contributed by atoms with van der Waals surface area (Å²) in [7, 11) is 0. The molecule has 0 aliphatic heterocycles. The van der Waals surface area contributed by atoms with Gasteiger partial charge in [-0.3, -0.25) is 9.78 Å². The van der Waals surface area contributed by atoms with Crippen molar-refractivity contribution in [1.82, 2.24) is 9.88 Å². The molecule has 2 unspecified atom stereocenters. The van der Waals surface area contributed by atoms with Gasteiger partial charge in [-0.05, 0) is 50.8 Å². The largest absolute Gasteiger partial charge is 0.334 e. The summed E-state index contributed by atoms with van der Waals surface area (Å²) in [5.74, 6) is 0.485. The summed E-state index contributed by atoms with van der Waals surface area (Å²) in [4.78, 5) is 18.9. The molecule has 0 saturated heterocycles. The van der Waals surface area contributed by atoms with Crippen molar-refractivity contribution in [2.75, 3.05) is 13.1 Å². The van der Waals surface area contributed by atoms with Crippen LogP contribution < -0.4 is 5.73 Å². The molecular formula is C15H23N3O. The minimum Gasteiger partial charge on any atom is -0.334 e. The van der Waals surface area contributed by atoms with Crippen molar-refractivity contribution >= 4 is 5.91 Å². The molecule has 1 amide bonds. The fourth-order valence-corrected chi connectivity index (χ4v) is 3.08. The molecular weight excluding hydrogens is 238 g/mol. The van der Waals surface area contributed by atoms with Gasteiger partial charge < -0.3 is 10.6 Å². The Kier molecular flexibility index (Phi) is 4.53. The number of aryl methyl sites for hydroxylation is 1. The molecule has 0 radical (unpaired) electrons. The summed E-state index contributed by atoms with van der Waals surface area (Å²) in [6.07, 6.45) is 5.04. The first-order chi connectivity index (χ1) is 9.19. The quantitative estimate of drug-likeness (QED) is 0.901. The number of pyridine rings is 1. The van der Waals surface area contributed by atoms with Crippen LogP contribution in [0.15, 0.2) is 18.3 Å². The van der Waals surface area contributed by atoms with E-state index in [4.69, 9.17) is 5.73 Å². The van der Waals surface area contributed by atoms with Gasteiger partial charge in [-0.15, -0.1) is 0 Å². The van der Waals surface area contributed by atoms with Crippen LogP contribution in [0.3, 0.4) is 0 Å². The fraction of sp³-hybridized carbons (Fsp3) is 0.600. The van der Waals surface area contributed by atoms with Crippen LogP contribution in [0.1, 0.15) is 42.2 Å². The average molecular weight is 261 g/mol. The monoisotopic (exact) mass is 261 g/mol. The molecule has 0 spiro atoms. The highest BCUT2D eigenvalue weighted by Gasteiger charge is 2.34. The van der Waals surface area contributed by atoms with Crippen LogP contribution in [0.25, 0.3) is 0 Å². The van der Waals surface area contributed by atoms with Crippen molar-refractivity contribution in [3.8, 4) is 0 Å². The van der Waals surface area contributed by atoms with Crippen molar-refractivity contribution in [1.29, 1.82) is 0 Å². The summed E-state index contributed by atoms with van der Waals surface area (Å²) in [5.41, 5.74) is 7.35. The van der Waals surface area contributed by atoms with Crippen LogP contribution >= 0.6 is 0 Å². The van der Waals surface area contributed by atoms with Crippen LogP contribution in [0, 0.1) is 12.8 Å². The second-order valence-corrected chi connectivity index (χ2v) is 5.25. The molecule has 1 aliphatic carbocycles. The molecule has 2 N–H and O–H groups in total. The van der Waals surface area contributed by atoms with E-state index >= 15 is 0 Å². The number of rotatable bonds is 4. The van der Waals surface area contributed by atoms with Crippen molar-refractivity contribution < 1.29 is 4.79 Å². The Hall–Kier alpha value is -1.42. The molecule has 4 nitrogen and oxygen atoms in total. The zero-order valence-corrected chi connectivity index (χ0v) is 11.8. The standard InChI is InChI=1S/C15H23N3O/c1-3-18(13-8-4-7-12(13)10-16)15(19)14-11(2)6-5-9-17-14/h5-6,9,12-13H,3-4,7-8,10,16H2,1-2H3. The molecule has 2 rings (SSSR count). The number of carbonyl (C=O) groups is 1. The van der Waals surface area contributed by atoms with E-state index in [1.807, 2.05) is 30.9 Å². The Labute approximate surface area is 115 Å². The average Bonchev–Trinajstić information content (AvgIpc) is 2.88. The van der Waals surface area contributed by atoms with Gasteiger partial charge >= 0.3 is 0 Å². The molecule has 104 valence electrons. The van der Waals surface area contributed by atoms with Gasteiger partial charge in [0, 0.05) is 18.8 Å². The molecule has 0 bridgehead atoms. The minimum atomic E-state index is 0.0472. The van der Waals surface area contributed by atoms with Crippen LogP contribution in [-0.4, -0.2) is 34.9 Å². The van der Waals surface area contributed by atoms with Crippen LogP contribution in [0.2, 0.25) is 0 Å². The summed E-state index contributed by atoms with van der Waals surface area (Å²) in [6.45, 7) is 5.34. The Bertz CT molecular complexity index is 447. The molecule has 1 aromatic rings. The Morgan fingerprint density at radius 2 is 2.32 bits per heavy atom. The number of hydrogen-bond acceptors (Lipinski definition) is 3. The SMILES string of the molecule is CCN(C(=O)c1ncccc1C)C1CCCC1CN. The number of nitrogens with two attached hydrogens (primary N) is 1. The molecule has 0 aromatic carbocycles. The first-order valence-electron chi connectivity index (χ1n) is 7.11. The van der Waals surface area contributed by atoms with Crippen LogP contribution in [-0.2, 0) is 0 Å². The van der Waals surface area contributed by atoms with Gasteiger partial charge in [-0.2, -0.15) is 0 Å². The lowest BCUT2D eigenvalue weighted by molar-refractivity contribution is 0.0645. The van der Waals surface area contributed by atoms with Crippen molar-refractivity contribution in [3.63, 3.8) is 0 Å². The lowest BCUT2D eigenvalue weighted by atomic mass is 10.0. The molecule has 1 heterocycles. The Balaban J connectivity index is 2.22. The predicted molar refractivity (Wildman–Crippen MR) is 75.9 cm³/mol. The third kappa shape index (κ3) is 2.78. The van der Waals surface area contributed by atoms with Crippen molar-refractivity contribution in [2.45, 2.75) is 39.2 Å². The van der Waals surface area contributed by atoms with Gasteiger partial charge in [0.25, 0.3) is 5.91 Å². The Morgan fingerprint density at radius 3 is 2.95 bits per heavy atom. The molecule has 1 aromatic heterocycles. The van der Waals surface area contributed by atoms with Crippen LogP contribution in [0.5, 0.6) is 0 Å². The summed E-state index contributed by atoms with van der Waals surface area (Å²) >= 11 is 0. The topological polar surface area (TPSA) is 59.2 Å². The van der Waals surface area contributed by atoms with E-state index in [-0.39, 0.29) is 11.9 Å². The lowest BCUT2D eigenvalue weighted by Gasteiger charge is -2.32. The van der Waals surface area contributed by atoms with E-state index in [2.05, 4.69) is 4.98 Å². The van der Waals surface area contributed by atoms with E-state index < -0.39 is 0 Å². The molecule has 4 heteroatoms. The van der Waals surface area contributed by atoms with Crippen LogP contribution in [0.4, 0.5) is 0 Å². The number of aromatic nitrogens is 1.